The first-order valence-corrected chi connectivity index (χ1v) is 6.56. The van der Waals surface area contributed by atoms with E-state index in [1.54, 1.807) is 6.08 Å². The number of piperidine rings is 1. The lowest BCUT2D eigenvalue weighted by Crippen LogP contribution is -2.49. The largest absolute Gasteiger partial charge is 0.352 e. The van der Waals surface area contributed by atoms with Crippen LogP contribution in [0.1, 0.15) is 32.6 Å². The van der Waals surface area contributed by atoms with Crippen LogP contribution in [0, 0.1) is 0 Å². The monoisotopic (exact) mass is 239 g/mol. The van der Waals surface area contributed by atoms with Gasteiger partial charge >= 0.3 is 0 Å². The van der Waals surface area contributed by atoms with E-state index in [0.717, 1.165) is 32.5 Å². The van der Waals surface area contributed by atoms with Crippen molar-refractivity contribution in [2.75, 3.05) is 19.6 Å². The molecule has 1 aliphatic heterocycles. The van der Waals surface area contributed by atoms with Crippen LogP contribution in [0.4, 0.5) is 0 Å². The van der Waals surface area contributed by atoms with E-state index < -0.39 is 6.04 Å². The Balaban J connectivity index is 2.25. The molecule has 1 aliphatic rings. The molecule has 0 aliphatic carbocycles. The second-order valence-electron chi connectivity index (χ2n) is 4.76. The van der Waals surface area contributed by atoms with Crippen LogP contribution in [0.15, 0.2) is 12.7 Å². The number of amides is 1. The Hall–Kier alpha value is -0.870. The summed E-state index contributed by atoms with van der Waals surface area (Å²) in [6.45, 7) is 9.11. The highest BCUT2D eigenvalue weighted by molar-refractivity contribution is 5.81. The van der Waals surface area contributed by atoms with Gasteiger partial charge in [-0.3, -0.25) is 4.79 Å². The Bertz CT molecular complexity index is 247. The summed E-state index contributed by atoms with van der Waals surface area (Å²) in [7, 11) is 0. The number of nitrogens with zero attached hydrogens (tertiary/aromatic N) is 1. The molecule has 0 aromatic carbocycles. The van der Waals surface area contributed by atoms with E-state index in [1.807, 2.05) is 0 Å². The van der Waals surface area contributed by atoms with Crippen LogP contribution in [0.2, 0.25) is 0 Å². The number of nitrogens with two attached hydrogens (primary N) is 1. The van der Waals surface area contributed by atoms with E-state index in [9.17, 15) is 4.79 Å². The van der Waals surface area contributed by atoms with Crippen molar-refractivity contribution in [3.05, 3.63) is 12.7 Å². The fourth-order valence-corrected chi connectivity index (χ4v) is 2.21. The van der Waals surface area contributed by atoms with Crippen molar-refractivity contribution < 1.29 is 4.79 Å². The lowest BCUT2D eigenvalue weighted by atomic mass is 10.0. The molecule has 1 unspecified atom stereocenters. The number of carbonyl (C=O) groups is 1. The summed E-state index contributed by atoms with van der Waals surface area (Å²) in [6.07, 6.45) is 5.49. The molecular weight excluding hydrogens is 214 g/mol. The Morgan fingerprint density at radius 1 is 1.59 bits per heavy atom. The summed E-state index contributed by atoms with van der Waals surface area (Å²) in [5.74, 6) is -0.0427. The Morgan fingerprint density at radius 3 is 2.76 bits per heavy atom. The van der Waals surface area contributed by atoms with E-state index >= 15 is 0 Å². The minimum Gasteiger partial charge on any atom is -0.352 e. The van der Waals surface area contributed by atoms with Gasteiger partial charge in [0.15, 0.2) is 0 Å². The first kappa shape index (κ1) is 14.2. The average molecular weight is 239 g/mol. The molecule has 4 heteroatoms. The number of likely N-dealkylation sites (tertiary alicyclic amines) is 1. The predicted octanol–water partition coefficient (Wildman–Crippen LogP) is 0.880. The normalized spacial score (nSPS) is 19.9. The van der Waals surface area contributed by atoms with Crippen molar-refractivity contribution in [2.24, 2.45) is 5.73 Å². The maximum Gasteiger partial charge on any atom is 0.237 e. The van der Waals surface area contributed by atoms with E-state index in [-0.39, 0.29) is 5.91 Å². The van der Waals surface area contributed by atoms with Gasteiger partial charge in [-0.25, -0.2) is 0 Å². The van der Waals surface area contributed by atoms with Crippen LogP contribution < -0.4 is 11.1 Å². The van der Waals surface area contributed by atoms with Crippen molar-refractivity contribution in [3.8, 4) is 0 Å². The molecule has 17 heavy (non-hydrogen) atoms. The van der Waals surface area contributed by atoms with Crippen molar-refractivity contribution in [2.45, 2.75) is 44.7 Å². The molecule has 0 aromatic rings. The van der Waals surface area contributed by atoms with Crippen molar-refractivity contribution >= 4 is 5.91 Å². The maximum atomic E-state index is 11.7. The molecule has 4 nitrogen and oxygen atoms in total. The second-order valence-corrected chi connectivity index (χ2v) is 4.76. The van der Waals surface area contributed by atoms with Crippen LogP contribution in [-0.2, 0) is 4.79 Å². The number of carbonyl (C=O) groups excluding carboxylic acids is 1. The van der Waals surface area contributed by atoms with Gasteiger partial charge in [0, 0.05) is 19.1 Å². The van der Waals surface area contributed by atoms with Crippen LogP contribution in [0.5, 0.6) is 0 Å². The Kier molecular flexibility index (Phi) is 6.22. The van der Waals surface area contributed by atoms with Crippen LogP contribution in [0.25, 0.3) is 0 Å². The van der Waals surface area contributed by atoms with Gasteiger partial charge in [-0.1, -0.05) is 13.0 Å². The Labute approximate surface area is 104 Å². The SMILES string of the molecule is C=CCC(N)C(=O)NC1CCN(CCC)CC1. The van der Waals surface area contributed by atoms with Gasteiger partial charge < -0.3 is 16.0 Å². The molecule has 3 N–H and O–H groups in total. The smallest absolute Gasteiger partial charge is 0.237 e. The molecule has 0 spiro atoms. The molecule has 0 saturated carbocycles. The highest BCUT2D eigenvalue weighted by Gasteiger charge is 2.21. The molecular formula is C13H25N3O. The predicted molar refractivity (Wildman–Crippen MR) is 70.7 cm³/mol. The zero-order chi connectivity index (χ0) is 12.7. The highest BCUT2D eigenvalue weighted by atomic mass is 16.2. The van der Waals surface area contributed by atoms with Crippen molar-refractivity contribution in [3.63, 3.8) is 0 Å². The molecule has 98 valence electrons. The number of hydrogen-bond acceptors (Lipinski definition) is 3. The topological polar surface area (TPSA) is 58.4 Å². The number of hydrogen-bond donors (Lipinski definition) is 2. The summed E-state index contributed by atoms with van der Waals surface area (Å²) in [4.78, 5) is 14.2. The quantitative estimate of drug-likeness (QED) is 0.677. The van der Waals surface area contributed by atoms with Crippen LogP contribution in [0.3, 0.4) is 0 Å². The molecule has 0 aromatic heterocycles. The van der Waals surface area contributed by atoms with E-state index in [4.69, 9.17) is 5.73 Å². The van der Waals surface area contributed by atoms with Gasteiger partial charge in [0.05, 0.1) is 6.04 Å². The summed E-state index contributed by atoms with van der Waals surface area (Å²) < 4.78 is 0. The molecule has 1 heterocycles. The molecule has 1 atom stereocenters. The molecule has 0 bridgehead atoms. The minimum absolute atomic E-state index is 0.0427. The first-order chi connectivity index (χ1) is 8.17. The van der Waals surface area contributed by atoms with E-state index in [2.05, 4.69) is 23.7 Å². The third-order valence-electron chi connectivity index (χ3n) is 3.23. The second kappa shape index (κ2) is 7.45. The molecule has 1 saturated heterocycles. The minimum atomic E-state index is -0.443. The van der Waals surface area contributed by atoms with Crippen LogP contribution in [-0.4, -0.2) is 42.5 Å². The first-order valence-electron chi connectivity index (χ1n) is 6.56. The molecule has 1 rings (SSSR count). The maximum absolute atomic E-state index is 11.7. The summed E-state index contributed by atoms with van der Waals surface area (Å²) in [5.41, 5.74) is 5.73. The third kappa shape index (κ3) is 4.88. The van der Waals surface area contributed by atoms with Gasteiger partial charge in [0.25, 0.3) is 0 Å². The van der Waals surface area contributed by atoms with Crippen molar-refractivity contribution in [1.29, 1.82) is 0 Å². The lowest BCUT2D eigenvalue weighted by molar-refractivity contribution is -0.123. The molecule has 0 radical (unpaired) electrons. The summed E-state index contributed by atoms with van der Waals surface area (Å²) in [6, 6.07) is -0.146. The van der Waals surface area contributed by atoms with E-state index in [1.165, 1.54) is 6.42 Å². The molecule has 1 fully saturated rings. The van der Waals surface area contributed by atoms with Crippen molar-refractivity contribution in [1.82, 2.24) is 10.2 Å². The lowest BCUT2D eigenvalue weighted by Gasteiger charge is -2.32. The zero-order valence-electron chi connectivity index (χ0n) is 10.8. The van der Waals surface area contributed by atoms with E-state index in [0.29, 0.717) is 12.5 Å². The number of rotatable bonds is 6. The average Bonchev–Trinajstić information content (AvgIpc) is 2.32. The highest BCUT2D eigenvalue weighted by Crippen LogP contribution is 2.10. The standard InChI is InChI=1S/C13H25N3O/c1-3-5-12(14)13(17)15-11-6-9-16(8-4-2)10-7-11/h3,11-12H,1,4-10,14H2,2H3,(H,15,17). The van der Waals surface area contributed by atoms with Gasteiger partial charge in [-0.2, -0.15) is 0 Å². The Morgan fingerprint density at radius 2 is 2.24 bits per heavy atom. The molecule has 1 amide bonds. The summed E-state index contributed by atoms with van der Waals surface area (Å²) in [5, 5.41) is 3.03. The van der Waals surface area contributed by atoms with Gasteiger partial charge in [-0.05, 0) is 32.2 Å². The fourth-order valence-electron chi connectivity index (χ4n) is 2.21. The van der Waals surface area contributed by atoms with Gasteiger partial charge in [-0.15, -0.1) is 6.58 Å². The third-order valence-corrected chi connectivity index (χ3v) is 3.23. The van der Waals surface area contributed by atoms with Gasteiger partial charge in [0.2, 0.25) is 5.91 Å². The van der Waals surface area contributed by atoms with Gasteiger partial charge in [0.1, 0.15) is 0 Å². The summed E-state index contributed by atoms with van der Waals surface area (Å²) >= 11 is 0. The van der Waals surface area contributed by atoms with Crippen LogP contribution >= 0.6 is 0 Å². The zero-order valence-corrected chi connectivity index (χ0v) is 10.8. The fraction of sp³-hybridized carbons (Fsp3) is 0.769. The number of nitrogens with one attached hydrogen (secondary N) is 1.